The molecule has 0 fully saturated rings. The Bertz CT molecular complexity index is 1360. The van der Waals surface area contributed by atoms with Crippen LogP contribution in [0.3, 0.4) is 0 Å². The van der Waals surface area contributed by atoms with Crippen molar-refractivity contribution in [3.63, 3.8) is 0 Å². The van der Waals surface area contributed by atoms with Crippen LogP contribution in [0.4, 0.5) is 0 Å². The number of carbonyl (C=O) groups excluding carboxylic acids is 2. The summed E-state index contributed by atoms with van der Waals surface area (Å²) >= 11 is 17.0. The van der Waals surface area contributed by atoms with Gasteiger partial charge in [0.2, 0.25) is 6.79 Å². The molecule has 1 amide bonds. The van der Waals surface area contributed by atoms with Crippen LogP contribution in [0.5, 0.6) is 23.0 Å². The minimum Gasteiger partial charge on any atom is -0.481 e. The van der Waals surface area contributed by atoms with Gasteiger partial charge in [0, 0.05) is 14.5 Å². The van der Waals surface area contributed by atoms with Gasteiger partial charge in [-0.3, -0.25) is 4.79 Å². The molecule has 0 radical (unpaired) electrons. The zero-order valence-electron chi connectivity index (χ0n) is 17.8. The van der Waals surface area contributed by atoms with Crippen LogP contribution in [0.25, 0.3) is 0 Å². The normalized spacial score (nSPS) is 12.0. The number of fused-ring (bicyclic) bond motifs is 1. The number of esters is 1. The maximum absolute atomic E-state index is 12.8. The molecule has 4 rings (SSSR count). The first kappa shape index (κ1) is 27.1. The summed E-state index contributed by atoms with van der Waals surface area (Å²) in [6, 6.07) is 11.8. The molecular weight excluding hydrogens is 800 g/mol. The third kappa shape index (κ3) is 6.68. The van der Waals surface area contributed by atoms with E-state index in [0.29, 0.717) is 40.7 Å². The molecule has 0 spiro atoms. The Balaban J connectivity index is 1.43. The first-order chi connectivity index (χ1) is 17.2. The molecule has 36 heavy (non-hydrogen) atoms. The van der Waals surface area contributed by atoms with Gasteiger partial charge in [0.05, 0.1) is 25.2 Å². The SMILES string of the molecule is O=C(COc1c(Br)cc(Br)cc1Br)N/N=C/c1cc(Br)cc(Br)c1OC(=O)c1ccc2c(c1)OCO2. The van der Waals surface area contributed by atoms with Crippen molar-refractivity contribution < 1.29 is 28.5 Å². The lowest BCUT2D eigenvalue weighted by atomic mass is 10.2. The van der Waals surface area contributed by atoms with Gasteiger partial charge in [-0.2, -0.15) is 5.10 Å². The van der Waals surface area contributed by atoms with E-state index in [0.717, 1.165) is 4.47 Å². The lowest BCUT2D eigenvalue weighted by Crippen LogP contribution is -2.24. The van der Waals surface area contributed by atoms with E-state index >= 15 is 0 Å². The molecule has 1 aliphatic rings. The second kappa shape index (κ2) is 12.1. The number of hydrazone groups is 1. The third-order valence-electron chi connectivity index (χ3n) is 4.54. The van der Waals surface area contributed by atoms with Crippen LogP contribution in [0.1, 0.15) is 15.9 Å². The fraction of sp³-hybridized carbons (Fsp3) is 0.0870. The second-order valence-corrected chi connectivity index (χ2v) is 11.4. The summed E-state index contributed by atoms with van der Waals surface area (Å²) in [5, 5.41) is 3.98. The first-order valence-electron chi connectivity index (χ1n) is 9.91. The van der Waals surface area contributed by atoms with Crippen molar-refractivity contribution in [3.05, 3.63) is 76.0 Å². The molecule has 1 N–H and O–H groups in total. The predicted molar refractivity (Wildman–Crippen MR) is 150 cm³/mol. The van der Waals surface area contributed by atoms with Gasteiger partial charge < -0.3 is 18.9 Å². The molecule has 8 nitrogen and oxygen atoms in total. The summed E-state index contributed by atoms with van der Waals surface area (Å²) < 4.78 is 25.2. The Hall–Kier alpha value is -1.93. The quantitative estimate of drug-likeness (QED) is 0.120. The Morgan fingerprint density at radius 1 is 0.889 bits per heavy atom. The standard InChI is InChI=1S/C23H13Br5N2O6/c24-13-3-12(8-29-30-20(31)9-33-22-16(27)6-14(25)7-17(22)28)21(15(26)5-13)36-23(32)11-1-2-18-19(4-11)35-10-34-18/h1-8H,9-10H2,(H,30,31)/b29-8+. The van der Waals surface area contributed by atoms with Crippen molar-refractivity contribution in [1.29, 1.82) is 0 Å². The smallest absolute Gasteiger partial charge is 0.343 e. The highest BCUT2D eigenvalue weighted by Crippen LogP contribution is 2.37. The van der Waals surface area contributed by atoms with Gasteiger partial charge in [-0.05, 0) is 90.3 Å². The first-order valence-corrected chi connectivity index (χ1v) is 13.9. The van der Waals surface area contributed by atoms with E-state index in [1.807, 2.05) is 0 Å². The predicted octanol–water partition coefficient (Wildman–Crippen LogP) is 6.98. The monoisotopic (exact) mass is 808 g/mol. The number of halogens is 5. The highest BCUT2D eigenvalue weighted by molar-refractivity contribution is 9.12. The highest BCUT2D eigenvalue weighted by atomic mass is 79.9. The molecule has 0 unspecified atom stereocenters. The lowest BCUT2D eigenvalue weighted by Gasteiger charge is -2.11. The minimum atomic E-state index is -0.603. The summed E-state index contributed by atoms with van der Waals surface area (Å²) in [5.74, 6) is 0.635. The van der Waals surface area contributed by atoms with Gasteiger partial charge in [0.15, 0.2) is 23.9 Å². The lowest BCUT2D eigenvalue weighted by molar-refractivity contribution is -0.123. The summed E-state index contributed by atoms with van der Waals surface area (Å²) in [6.07, 6.45) is 1.36. The van der Waals surface area contributed by atoms with Gasteiger partial charge >= 0.3 is 5.97 Å². The van der Waals surface area contributed by atoms with Crippen molar-refractivity contribution >= 4 is 97.7 Å². The summed E-state index contributed by atoms with van der Waals surface area (Å²) in [5.41, 5.74) is 3.12. The molecule has 0 aromatic heterocycles. The Morgan fingerprint density at radius 3 is 2.25 bits per heavy atom. The molecule has 1 aliphatic heterocycles. The van der Waals surface area contributed by atoms with Gasteiger partial charge in [-0.25, -0.2) is 10.2 Å². The minimum absolute atomic E-state index is 0.0984. The summed E-state index contributed by atoms with van der Waals surface area (Å²) in [6.45, 7) is -0.175. The average molecular weight is 813 g/mol. The van der Waals surface area contributed by atoms with Gasteiger partial charge in [0.1, 0.15) is 5.75 Å². The molecule has 0 atom stereocenters. The van der Waals surface area contributed by atoms with Crippen molar-refractivity contribution in [2.24, 2.45) is 5.10 Å². The number of hydrogen-bond donors (Lipinski definition) is 1. The van der Waals surface area contributed by atoms with Crippen molar-refractivity contribution in [2.45, 2.75) is 0 Å². The zero-order valence-corrected chi connectivity index (χ0v) is 25.7. The maximum Gasteiger partial charge on any atom is 0.343 e. The largest absolute Gasteiger partial charge is 0.481 e. The van der Waals surface area contributed by atoms with Crippen molar-refractivity contribution in [3.8, 4) is 23.0 Å². The van der Waals surface area contributed by atoms with Crippen molar-refractivity contribution in [1.82, 2.24) is 5.43 Å². The number of rotatable bonds is 7. The molecule has 186 valence electrons. The van der Waals surface area contributed by atoms with Crippen LogP contribution in [0.15, 0.2) is 69.9 Å². The number of nitrogens with one attached hydrogen (secondary N) is 1. The van der Waals surface area contributed by atoms with Crippen LogP contribution < -0.4 is 24.4 Å². The van der Waals surface area contributed by atoms with Crippen LogP contribution >= 0.6 is 79.6 Å². The van der Waals surface area contributed by atoms with Crippen LogP contribution in [-0.4, -0.2) is 31.5 Å². The molecule has 0 saturated heterocycles. The summed E-state index contributed by atoms with van der Waals surface area (Å²) in [4.78, 5) is 25.0. The van der Waals surface area contributed by atoms with E-state index in [1.165, 1.54) is 6.21 Å². The average Bonchev–Trinajstić information content (AvgIpc) is 3.28. The number of hydrogen-bond acceptors (Lipinski definition) is 7. The molecule has 13 heteroatoms. The van der Waals surface area contributed by atoms with E-state index in [4.69, 9.17) is 18.9 Å². The number of amides is 1. The number of ether oxygens (including phenoxy) is 4. The zero-order chi connectivity index (χ0) is 25.8. The number of benzene rings is 3. The van der Waals surface area contributed by atoms with Crippen LogP contribution in [-0.2, 0) is 4.79 Å². The van der Waals surface area contributed by atoms with E-state index < -0.39 is 11.9 Å². The Labute approximate surface area is 247 Å². The van der Waals surface area contributed by atoms with Crippen LogP contribution in [0, 0.1) is 0 Å². The molecule has 0 aliphatic carbocycles. The number of nitrogens with zero attached hydrogens (tertiary/aromatic N) is 1. The highest BCUT2D eigenvalue weighted by Gasteiger charge is 2.20. The van der Waals surface area contributed by atoms with E-state index in [-0.39, 0.29) is 24.7 Å². The second-order valence-electron chi connectivity index (χ2n) is 7.04. The van der Waals surface area contributed by atoms with E-state index in [9.17, 15) is 9.59 Å². The fourth-order valence-electron chi connectivity index (χ4n) is 2.97. The molecule has 1 heterocycles. The summed E-state index contributed by atoms with van der Waals surface area (Å²) in [7, 11) is 0. The Morgan fingerprint density at radius 2 is 1.53 bits per heavy atom. The van der Waals surface area contributed by atoms with E-state index in [1.54, 1.807) is 42.5 Å². The molecule has 3 aromatic rings. The van der Waals surface area contributed by atoms with Gasteiger partial charge in [0.25, 0.3) is 5.91 Å². The topological polar surface area (TPSA) is 95.5 Å². The van der Waals surface area contributed by atoms with Crippen molar-refractivity contribution in [2.75, 3.05) is 13.4 Å². The maximum atomic E-state index is 12.8. The Kier molecular flexibility index (Phi) is 9.10. The fourth-order valence-corrected chi connectivity index (χ4v) is 6.80. The van der Waals surface area contributed by atoms with Gasteiger partial charge in [-0.15, -0.1) is 0 Å². The number of carbonyl (C=O) groups is 2. The molecule has 0 bridgehead atoms. The van der Waals surface area contributed by atoms with E-state index in [2.05, 4.69) is 90.2 Å². The molecular formula is C23H13Br5N2O6. The molecule has 0 saturated carbocycles. The molecule has 3 aromatic carbocycles. The van der Waals surface area contributed by atoms with Gasteiger partial charge in [-0.1, -0.05) is 31.9 Å². The van der Waals surface area contributed by atoms with Crippen LogP contribution in [0.2, 0.25) is 0 Å². The third-order valence-corrected chi connectivity index (χ3v) is 7.23.